The number of imidazole rings is 1. The summed E-state index contributed by atoms with van der Waals surface area (Å²) in [4.78, 5) is 37.1. The van der Waals surface area contributed by atoms with Crippen LogP contribution in [-0.2, 0) is 6.18 Å². The Labute approximate surface area is 194 Å². The molecule has 9 nitrogen and oxygen atoms in total. The average Bonchev–Trinajstić information content (AvgIpc) is 3.30. The number of anilines is 2. The van der Waals surface area contributed by atoms with Gasteiger partial charge in [0.25, 0.3) is 11.8 Å². The third-order valence-electron chi connectivity index (χ3n) is 4.84. The largest absolute Gasteiger partial charge is 0.418 e. The fourth-order valence-electron chi connectivity index (χ4n) is 3.09. The zero-order valence-corrected chi connectivity index (χ0v) is 18.6. The van der Waals surface area contributed by atoms with Gasteiger partial charge in [0.05, 0.1) is 29.0 Å². The molecule has 3 heterocycles. The molecule has 0 aromatic carbocycles. The summed E-state index contributed by atoms with van der Waals surface area (Å²) in [5.41, 5.74) is 5.07. The molecule has 1 atom stereocenters. The second-order valence-electron chi connectivity index (χ2n) is 7.36. The van der Waals surface area contributed by atoms with Crippen LogP contribution in [-0.4, -0.2) is 31.3 Å². The van der Waals surface area contributed by atoms with Gasteiger partial charge in [-0.05, 0) is 25.8 Å². The summed E-state index contributed by atoms with van der Waals surface area (Å²) in [7, 11) is 0. The number of amides is 2. The smallest absolute Gasteiger partial charge is 0.369 e. The van der Waals surface area contributed by atoms with Crippen molar-refractivity contribution in [1.29, 1.82) is 0 Å². The van der Waals surface area contributed by atoms with Crippen LogP contribution in [0.25, 0.3) is 0 Å². The molecule has 0 bridgehead atoms. The topological polar surface area (TPSA) is 128 Å². The number of rotatable bonds is 6. The van der Waals surface area contributed by atoms with Crippen molar-refractivity contribution in [3.8, 4) is 0 Å². The van der Waals surface area contributed by atoms with E-state index in [0.717, 1.165) is 30.4 Å². The maximum Gasteiger partial charge on any atom is 0.418 e. The molecule has 3 aromatic rings. The summed E-state index contributed by atoms with van der Waals surface area (Å²) < 4.78 is 40.7. The van der Waals surface area contributed by atoms with E-state index in [0.29, 0.717) is 16.8 Å². The minimum Gasteiger partial charge on any atom is -0.369 e. The van der Waals surface area contributed by atoms with Crippen LogP contribution in [0.3, 0.4) is 0 Å². The van der Waals surface area contributed by atoms with Gasteiger partial charge in [-0.2, -0.15) is 13.2 Å². The highest BCUT2D eigenvalue weighted by Gasteiger charge is 2.34. The molecule has 3 aromatic heterocycles. The lowest BCUT2D eigenvalue weighted by atomic mass is 10.2. The Kier molecular flexibility index (Phi) is 6.01. The van der Waals surface area contributed by atoms with Crippen LogP contribution in [0.1, 0.15) is 62.6 Å². The molecule has 1 unspecified atom stereocenters. The number of nitrogens with two attached hydrogens (primary N) is 1. The van der Waals surface area contributed by atoms with Crippen LogP contribution < -0.4 is 16.4 Å². The monoisotopic (exact) mass is 499 g/mol. The average molecular weight is 500 g/mol. The quantitative estimate of drug-likeness (QED) is 0.469. The number of nitrogens with one attached hydrogen (secondary N) is 2. The molecule has 1 fully saturated rings. The Morgan fingerprint density at radius 2 is 1.94 bits per heavy atom. The Morgan fingerprint density at radius 1 is 1.21 bits per heavy atom. The number of carbonyl (C=O) groups is 2. The van der Waals surface area contributed by atoms with Crippen LogP contribution in [0.5, 0.6) is 0 Å². The Balaban J connectivity index is 1.43. The second-order valence-corrected chi connectivity index (χ2v) is 8.83. The maximum atomic E-state index is 13.0. The molecule has 4 N–H and O–H groups in total. The molecule has 4 rings (SSSR count). The Morgan fingerprint density at radius 3 is 2.61 bits per heavy atom. The van der Waals surface area contributed by atoms with E-state index in [1.165, 1.54) is 12.4 Å². The highest BCUT2D eigenvalue weighted by molar-refractivity contribution is 7.13. The van der Waals surface area contributed by atoms with E-state index in [-0.39, 0.29) is 28.6 Å². The number of nitrogens with zero attached hydrogens (tertiary/aromatic N) is 4. The van der Waals surface area contributed by atoms with Crippen molar-refractivity contribution < 1.29 is 22.8 Å². The highest BCUT2D eigenvalue weighted by Crippen LogP contribution is 2.38. The van der Waals surface area contributed by atoms with Crippen molar-refractivity contribution in [3.63, 3.8) is 0 Å². The first-order valence-electron chi connectivity index (χ1n) is 9.68. The zero-order chi connectivity index (χ0) is 23.9. The lowest BCUT2D eigenvalue weighted by Crippen LogP contribution is -2.28. The minimum absolute atomic E-state index is 0.128. The van der Waals surface area contributed by atoms with Crippen LogP contribution in [0.4, 0.5) is 24.9 Å². The van der Waals surface area contributed by atoms with E-state index in [2.05, 4.69) is 25.6 Å². The number of hydrogen-bond acceptors (Lipinski definition) is 7. The molecule has 1 aliphatic carbocycles. The molecule has 2 amide bonds. The standard InChI is InChI=1S/C19H17ClF3N7O2S/c1-8(28-15(31)12-6-27-18(24)30(12)9-2-3-9)17-26-7-13(33-17)16(32)29-14-4-10(19(21,22)23)11(20)5-25-14/h4-9H,2-3H2,1H3,(H2,24,27)(H,28,31)(H,25,29,32). The molecule has 14 heteroatoms. The first-order chi connectivity index (χ1) is 15.5. The third-order valence-corrected chi connectivity index (χ3v) is 6.32. The fraction of sp³-hybridized carbons (Fsp3) is 0.316. The SMILES string of the molecule is CC(NC(=O)c1cnc(N)n1C1CC1)c1ncc(C(=O)Nc2cc(C(F)(F)F)c(Cl)cn2)s1. The Hall–Kier alpha value is -3.19. The molecule has 0 spiro atoms. The van der Waals surface area contributed by atoms with Gasteiger partial charge in [-0.1, -0.05) is 11.6 Å². The van der Waals surface area contributed by atoms with E-state index in [9.17, 15) is 22.8 Å². The maximum absolute atomic E-state index is 13.0. The third kappa shape index (κ3) is 4.93. The summed E-state index contributed by atoms with van der Waals surface area (Å²) in [6, 6.07) is 0.274. The first-order valence-corrected chi connectivity index (χ1v) is 10.9. The first kappa shape index (κ1) is 23.0. The minimum atomic E-state index is -4.69. The number of halogens is 4. The number of pyridine rings is 1. The van der Waals surface area contributed by atoms with Crippen molar-refractivity contribution in [3.05, 3.63) is 50.8 Å². The summed E-state index contributed by atoms with van der Waals surface area (Å²) in [6.07, 6.45) is 0.650. The number of aromatic nitrogens is 4. The second kappa shape index (κ2) is 8.63. The van der Waals surface area contributed by atoms with Crippen molar-refractivity contribution in [2.75, 3.05) is 11.1 Å². The van der Waals surface area contributed by atoms with Gasteiger partial charge in [-0.15, -0.1) is 11.3 Å². The summed E-state index contributed by atoms with van der Waals surface area (Å²) in [5, 5.41) is 4.94. The van der Waals surface area contributed by atoms with E-state index >= 15 is 0 Å². The van der Waals surface area contributed by atoms with Gasteiger partial charge < -0.3 is 20.9 Å². The number of alkyl halides is 3. The van der Waals surface area contributed by atoms with Gasteiger partial charge in [0, 0.05) is 12.2 Å². The molecule has 0 saturated heterocycles. The van der Waals surface area contributed by atoms with Crippen molar-refractivity contribution >= 4 is 46.5 Å². The lowest BCUT2D eigenvalue weighted by Gasteiger charge is -2.13. The van der Waals surface area contributed by atoms with Crippen molar-refractivity contribution in [2.45, 2.75) is 38.0 Å². The van der Waals surface area contributed by atoms with E-state index in [1.54, 1.807) is 11.5 Å². The molecule has 1 aliphatic rings. The van der Waals surface area contributed by atoms with Crippen molar-refractivity contribution in [2.24, 2.45) is 0 Å². The number of nitrogen functional groups attached to an aromatic ring is 1. The number of thiazole rings is 1. The van der Waals surface area contributed by atoms with Crippen molar-refractivity contribution in [1.82, 2.24) is 24.8 Å². The normalized spacial score (nSPS) is 14.7. The molecule has 1 saturated carbocycles. The molecule has 174 valence electrons. The van der Waals surface area contributed by atoms with Crippen LogP contribution in [0, 0.1) is 0 Å². The van der Waals surface area contributed by atoms with Crippen LogP contribution >= 0.6 is 22.9 Å². The lowest BCUT2D eigenvalue weighted by molar-refractivity contribution is -0.137. The molecule has 0 radical (unpaired) electrons. The van der Waals surface area contributed by atoms with Gasteiger partial charge in [-0.25, -0.2) is 15.0 Å². The van der Waals surface area contributed by atoms with E-state index < -0.39 is 28.7 Å². The Bertz CT molecular complexity index is 1220. The molecular formula is C19H17ClF3N7O2S. The number of carbonyl (C=O) groups excluding carboxylic acids is 2. The predicted octanol–water partition coefficient (Wildman–Crippen LogP) is 4.07. The summed E-state index contributed by atoms with van der Waals surface area (Å²) in [5.74, 6) is -1.11. The number of hydrogen-bond donors (Lipinski definition) is 3. The van der Waals surface area contributed by atoms with Gasteiger partial charge in [0.15, 0.2) is 0 Å². The van der Waals surface area contributed by atoms with Gasteiger partial charge >= 0.3 is 6.18 Å². The van der Waals surface area contributed by atoms with E-state index in [1.807, 2.05) is 0 Å². The molecular weight excluding hydrogens is 483 g/mol. The summed E-state index contributed by atoms with van der Waals surface area (Å²) in [6.45, 7) is 1.69. The summed E-state index contributed by atoms with van der Waals surface area (Å²) >= 11 is 6.53. The van der Waals surface area contributed by atoms with Gasteiger partial charge in [0.1, 0.15) is 21.4 Å². The van der Waals surface area contributed by atoms with E-state index in [4.69, 9.17) is 17.3 Å². The zero-order valence-electron chi connectivity index (χ0n) is 17.0. The predicted molar refractivity (Wildman–Crippen MR) is 115 cm³/mol. The van der Waals surface area contributed by atoms with Gasteiger partial charge in [0.2, 0.25) is 5.95 Å². The fourth-order valence-corrected chi connectivity index (χ4v) is 4.11. The van der Waals surface area contributed by atoms with Crippen LogP contribution in [0.2, 0.25) is 5.02 Å². The van der Waals surface area contributed by atoms with Gasteiger partial charge in [-0.3, -0.25) is 9.59 Å². The molecule has 0 aliphatic heterocycles. The van der Waals surface area contributed by atoms with Crippen LogP contribution in [0.15, 0.2) is 24.7 Å². The highest BCUT2D eigenvalue weighted by atomic mass is 35.5. The molecule has 33 heavy (non-hydrogen) atoms.